The predicted octanol–water partition coefficient (Wildman–Crippen LogP) is -0.159. The molecular weight excluding hydrogens is 426 g/mol. The van der Waals surface area contributed by atoms with Gasteiger partial charge in [0.15, 0.2) is 0 Å². The Balaban J connectivity index is 0.00000364. The zero-order chi connectivity index (χ0) is 19.4. The molecule has 0 bridgehead atoms. The molecule has 0 aliphatic carbocycles. The Kier molecular flexibility index (Phi) is 8.48. The summed E-state index contributed by atoms with van der Waals surface area (Å²) >= 11 is 0. The van der Waals surface area contributed by atoms with Gasteiger partial charge in [0, 0.05) is 43.5 Å². The van der Waals surface area contributed by atoms with E-state index in [1.807, 2.05) is 49.3 Å². The van der Waals surface area contributed by atoms with E-state index >= 15 is 0 Å². The third-order valence-corrected chi connectivity index (χ3v) is 6.01. The summed E-state index contributed by atoms with van der Waals surface area (Å²) in [4.78, 5) is 2.32. The van der Waals surface area contributed by atoms with Crippen LogP contribution in [-0.2, 0) is 10.0 Å². The van der Waals surface area contributed by atoms with Crippen LogP contribution >= 0.6 is 0 Å². The number of halogens is 1. The summed E-state index contributed by atoms with van der Waals surface area (Å²) in [5.41, 5.74) is 1.00. The van der Waals surface area contributed by atoms with E-state index < -0.39 is 10.0 Å². The first kappa shape index (κ1) is 23.6. The Bertz CT molecular complexity index is 880. The molecule has 7 heteroatoms. The van der Waals surface area contributed by atoms with Crippen LogP contribution in [0, 0.1) is 0 Å². The van der Waals surface area contributed by atoms with Gasteiger partial charge in [-0.25, -0.2) is 13.1 Å². The van der Waals surface area contributed by atoms with E-state index in [0.29, 0.717) is 11.4 Å². The van der Waals surface area contributed by atoms with E-state index in [2.05, 4.69) is 25.4 Å². The van der Waals surface area contributed by atoms with Gasteiger partial charge in [0.2, 0.25) is 10.0 Å². The highest BCUT2D eigenvalue weighted by Gasteiger charge is 2.19. The lowest BCUT2D eigenvalue weighted by Gasteiger charge is -2.28. The van der Waals surface area contributed by atoms with Gasteiger partial charge in [0.05, 0.1) is 32.1 Å². The molecule has 0 unspecified atom stereocenters. The number of hydrogen-bond acceptors (Lipinski definition) is 3. The van der Waals surface area contributed by atoms with E-state index in [9.17, 15) is 8.42 Å². The van der Waals surface area contributed by atoms with Crippen LogP contribution in [0.1, 0.15) is 6.42 Å². The number of anilines is 1. The number of nitrogens with one attached hydrogen (secondary N) is 1. The summed E-state index contributed by atoms with van der Waals surface area (Å²) in [5.74, 6) is 0. The van der Waals surface area contributed by atoms with Gasteiger partial charge in [0.25, 0.3) is 0 Å². The molecule has 0 fully saturated rings. The highest BCUT2D eigenvalue weighted by atomic mass is 79.9. The van der Waals surface area contributed by atoms with Crippen molar-refractivity contribution in [1.82, 2.24) is 4.72 Å². The second-order valence-corrected chi connectivity index (χ2v) is 9.14. The number of fused-ring (bicyclic) bond motifs is 1. The predicted molar refractivity (Wildman–Crippen MR) is 110 cm³/mol. The molecule has 0 atom stereocenters. The van der Waals surface area contributed by atoms with Gasteiger partial charge in [-0.05, 0) is 18.2 Å². The van der Waals surface area contributed by atoms with Crippen LogP contribution in [0.3, 0.4) is 0 Å². The van der Waals surface area contributed by atoms with E-state index in [1.54, 1.807) is 12.1 Å². The highest BCUT2D eigenvalue weighted by molar-refractivity contribution is 7.89. The van der Waals surface area contributed by atoms with Gasteiger partial charge in [-0.2, -0.15) is 0 Å². The lowest BCUT2D eigenvalue weighted by atomic mass is 10.1. The van der Waals surface area contributed by atoms with Crippen LogP contribution in [0.5, 0.6) is 0 Å². The summed E-state index contributed by atoms with van der Waals surface area (Å²) in [6.07, 6.45) is 2.66. The Morgan fingerprint density at radius 1 is 1.11 bits per heavy atom. The summed E-state index contributed by atoms with van der Waals surface area (Å²) in [5, 5.41) is 1.68. The number of rotatable bonds is 9. The van der Waals surface area contributed by atoms with E-state index in [1.165, 1.54) is 0 Å². The zero-order valence-corrected chi connectivity index (χ0v) is 19.0. The van der Waals surface area contributed by atoms with Crippen LogP contribution in [-0.4, -0.2) is 60.7 Å². The molecule has 0 saturated heterocycles. The van der Waals surface area contributed by atoms with Crippen molar-refractivity contribution in [3.05, 3.63) is 49.1 Å². The molecule has 2 rings (SSSR count). The SMILES string of the molecule is C=CC[N+](C)(C)CCCNS(=O)(=O)c1cccc2c(N(C)C)cccc12.[Br-]. The van der Waals surface area contributed by atoms with Crippen molar-refractivity contribution in [3.63, 3.8) is 0 Å². The molecule has 2 aromatic carbocycles. The smallest absolute Gasteiger partial charge is 0.241 e. The number of quaternary nitrogens is 1. The van der Waals surface area contributed by atoms with Gasteiger partial charge in [-0.15, -0.1) is 0 Å². The minimum Gasteiger partial charge on any atom is -1.00 e. The molecule has 0 heterocycles. The fraction of sp³-hybridized carbons (Fsp3) is 0.400. The van der Waals surface area contributed by atoms with Crippen molar-refractivity contribution in [2.24, 2.45) is 0 Å². The highest BCUT2D eigenvalue weighted by Crippen LogP contribution is 2.30. The summed E-state index contributed by atoms with van der Waals surface area (Å²) in [6, 6.07) is 11.2. The fourth-order valence-electron chi connectivity index (χ4n) is 3.12. The van der Waals surface area contributed by atoms with Crippen molar-refractivity contribution in [3.8, 4) is 0 Å². The maximum Gasteiger partial charge on any atom is 0.241 e. The maximum atomic E-state index is 12.8. The second-order valence-electron chi connectivity index (χ2n) is 7.40. The lowest BCUT2D eigenvalue weighted by Crippen LogP contribution is -3.00. The number of benzene rings is 2. The molecule has 1 N–H and O–H groups in total. The fourth-order valence-corrected chi connectivity index (χ4v) is 4.41. The van der Waals surface area contributed by atoms with Crippen molar-refractivity contribution < 1.29 is 29.9 Å². The van der Waals surface area contributed by atoms with Gasteiger partial charge in [-0.3, -0.25) is 0 Å². The summed E-state index contributed by atoms with van der Waals surface area (Å²) < 4.78 is 29.2. The largest absolute Gasteiger partial charge is 1.00 e. The van der Waals surface area contributed by atoms with Crippen molar-refractivity contribution in [2.75, 3.05) is 52.7 Å². The van der Waals surface area contributed by atoms with Gasteiger partial charge >= 0.3 is 0 Å². The van der Waals surface area contributed by atoms with Crippen LogP contribution in [0.25, 0.3) is 10.8 Å². The molecule has 0 aliphatic rings. The molecule has 0 saturated carbocycles. The third kappa shape index (κ3) is 6.04. The van der Waals surface area contributed by atoms with Crippen molar-refractivity contribution >= 4 is 26.5 Å². The van der Waals surface area contributed by atoms with Crippen LogP contribution < -0.4 is 26.6 Å². The molecule has 27 heavy (non-hydrogen) atoms. The quantitative estimate of drug-likeness (QED) is 0.324. The average molecular weight is 456 g/mol. The monoisotopic (exact) mass is 455 g/mol. The molecule has 150 valence electrons. The molecule has 0 amide bonds. The van der Waals surface area contributed by atoms with Crippen LogP contribution in [0.15, 0.2) is 53.9 Å². The molecule has 5 nitrogen and oxygen atoms in total. The zero-order valence-electron chi connectivity index (χ0n) is 16.6. The Morgan fingerprint density at radius 3 is 2.37 bits per heavy atom. The van der Waals surface area contributed by atoms with E-state index in [0.717, 1.165) is 40.5 Å². The van der Waals surface area contributed by atoms with E-state index in [4.69, 9.17) is 0 Å². The average Bonchev–Trinajstić information content (AvgIpc) is 2.57. The first-order valence-electron chi connectivity index (χ1n) is 8.79. The molecule has 0 aliphatic heterocycles. The molecular formula is C20H30BrN3O2S. The van der Waals surface area contributed by atoms with Crippen molar-refractivity contribution in [2.45, 2.75) is 11.3 Å². The summed E-state index contributed by atoms with van der Waals surface area (Å²) in [6.45, 7) is 5.94. The first-order valence-corrected chi connectivity index (χ1v) is 10.3. The minimum absolute atomic E-state index is 0. The number of likely N-dealkylation sites (N-methyl/N-ethyl adjacent to an activating group) is 1. The Hall–Kier alpha value is -1.41. The topological polar surface area (TPSA) is 49.4 Å². The molecule has 0 radical (unpaired) electrons. The van der Waals surface area contributed by atoms with Gasteiger partial charge < -0.3 is 26.4 Å². The van der Waals surface area contributed by atoms with Gasteiger partial charge in [-0.1, -0.05) is 30.8 Å². The maximum absolute atomic E-state index is 12.8. The van der Waals surface area contributed by atoms with Crippen molar-refractivity contribution in [1.29, 1.82) is 0 Å². The van der Waals surface area contributed by atoms with E-state index in [-0.39, 0.29) is 17.0 Å². The lowest BCUT2D eigenvalue weighted by molar-refractivity contribution is -0.884. The third-order valence-electron chi connectivity index (χ3n) is 4.49. The number of hydrogen-bond donors (Lipinski definition) is 1. The van der Waals surface area contributed by atoms with Crippen LogP contribution in [0.4, 0.5) is 5.69 Å². The number of nitrogens with zero attached hydrogens (tertiary/aromatic N) is 2. The second kappa shape index (κ2) is 9.68. The first-order chi connectivity index (χ1) is 12.2. The Morgan fingerprint density at radius 2 is 1.74 bits per heavy atom. The standard InChI is InChI=1S/C20H30N3O2S.BrH/c1-6-15-23(4,5)16-9-14-21-26(24,25)20-13-8-10-17-18(20)11-7-12-19(17)22(2)3;/h6-8,10-13,21H,1,9,14-16H2,2-5H3;1H/q+1;/p-1. The molecule has 0 aromatic heterocycles. The minimum atomic E-state index is -3.55. The van der Waals surface area contributed by atoms with Gasteiger partial charge in [0.1, 0.15) is 0 Å². The number of sulfonamides is 1. The van der Waals surface area contributed by atoms with Crippen LogP contribution in [0.2, 0.25) is 0 Å². The Labute approximate surface area is 174 Å². The molecule has 2 aromatic rings. The summed E-state index contributed by atoms with van der Waals surface area (Å²) in [7, 11) is 4.59. The molecule has 0 spiro atoms. The normalized spacial score (nSPS) is 11.9.